The summed E-state index contributed by atoms with van der Waals surface area (Å²) in [6.07, 6.45) is 3.16. The van der Waals surface area contributed by atoms with E-state index in [4.69, 9.17) is 0 Å². The average Bonchev–Trinajstić information content (AvgIpc) is 3.12. The minimum atomic E-state index is -4.17. The zero-order valence-electron chi connectivity index (χ0n) is 17.3. The van der Waals surface area contributed by atoms with Crippen LogP contribution in [0.15, 0.2) is 76.4 Å². The van der Waals surface area contributed by atoms with Gasteiger partial charge in [0, 0.05) is 41.6 Å². The third kappa shape index (κ3) is 5.36. The molecule has 0 fully saturated rings. The van der Waals surface area contributed by atoms with Crippen molar-refractivity contribution in [1.29, 1.82) is 0 Å². The van der Waals surface area contributed by atoms with Gasteiger partial charge in [-0.2, -0.15) is 0 Å². The Balaban J connectivity index is 1.66. The number of carbonyl (C=O) groups is 1. The van der Waals surface area contributed by atoms with Crippen LogP contribution in [-0.4, -0.2) is 29.5 Å². The van der Waals surface area contributed by atoms with Gasteiger partial charge in [-0.3, -0.25) is 9.78 Å². The van der Waals surface area contributed by atoms with Crippen molar-refractivity contribution >= 4 is 42.5 Å². The van der Waals surface area contributed by atoms with Crippen molar-refractivity contribution in [3.63, 3.8) is 0 Å². The van der Waals surface area contributed by atoms with Gasteiger partial charge >= 0.3 is 0 Å². The van der Waals surface area contributed by atoms with E-state index >= 15 is 0 Å². The van der Waals surface area contributed by atoms with Gasteiger partial charge < -0.3 is 4.57 Å². The van der Waals surface area contributed by atoms with Crippen LogP contribution in [0.2, 0.25) is 0 Å². The molecule has 0 unspecified atom stereocenters. The summed E-state index contributed by atoms with van der Waals surface area (Å²) < 4.78 is 57.2. The number of hydrogen-bond donors (Lipinski definition) is 0. The number of aryl methyl sites for hydroxylation is 1. The fourth-order valence-electron chi connectivity index (χ4n) is 3.68. The van der Waals surface area contributed by atoms with E-state index in [1.165, 1.54) is 10.8 Å². The number of nitrogens with zero attached hydrogens (tertiary/aromatic N) is 2. The third-order valence-electron chi connectivity index (χ3n) is 5.18. The van der Waals surface area contributed by atoms with Crippen LogP contribution in [0.1, 0.15) is 17.7 Å². The quantitative estimate of drug-likeness (QED) is 0.316. The van der Waals surface area contributed by atoms with Gasteiger partial charge in [0.1, 0.15) is 23.2 Å². The summed E-state index contributed by atoms with van der Waals surface area (Å²) in [7, 11) is -4.17. The van der Waals surface area contributed by atoms with E-state index in [1.807, 2.05) is 24.3 Å². The third-order valence-corrected chi connectivity index (χ3v) is 7.35. The number of rotatable bonds is 8. The predicted molar refractivity (Wildman–Crippen MR) is 125 cm³/mol. The van der Waals surface area contributed by atoms with Crippen molar-refractivity contribution in [2.75, 3.05) is 5.75 Å². The fraction of sp³-hybridized carbons (Fsp3) is 0.167. The summed E-state index contributed by atoms with van der Waals surface area (Å²) >= 11 is 3.38. The van der Waals surface area contributed by atoms with Crippen LogP contribution in [0.4, 0.5) is 8.78 Å². The second-order valence-corrected chi connectivity index (χ2v) is 10.5. The summed E-state index contributed by atoms with van der Waals surface area (Å²) in [5.41, 5.74) is 1.59. The van der Waals surface area contributed by atoms with Crippen LogP contribution in [0.3, 0.4) is 0 Å². The first-order valence-electron chi connectivity index (χ1n) is 10.1. The Hall–Kier alpha value is -2.91. The van der Waals surface area contributed by atoms with Crippen LogP contribution >= 0.6 is 15.9 Å². The molecule has 5 nitrogen and oxygen atoms in total. The topological polar surface area (TPSA) is 69.0 Å². The molecule has 0 saturated heterocycles. The average molecular weight is 533 g/mol. The maximum atomic E-state index is 14.7. The number of aromatic nitrogens is 2. The molecule has 0 aliphatic heterocycles. The van der Waals surface area contributed by atoms with Crippen molar-refractivity contribution < 1.29 is 22.0 Å². The van der Waals surface area contributed by atoms with E-state index in [-0.39, 0.29) is 28.8 Å². The number of halogens is 3. The normalized spacial score (nSPS) is 11.7. The molecule has 0 spiro atoms. The summed E-state index contributed by atoms with van der Waals surface area (Å²) in [4.78, 5) is 16.2. The first-order valence-corrected chi connectivity index (χ1v) is 12.5. The van der Waals surface area contributed by atoms with Crippen LogP contribution in [0, 0.1) is 11.6 Å². The maximum Gasteiger partial charge on any atom is 0.187 e. The van der Waals surface area contributed by atoms with E-state index in [9.17, 15) is 22.0 Å². The highest BCUT2D eigenvalue weighted by Gasteiger charge is 2.27. The van der Waals surface area contributed by atoms with Crippen molar-refractivity contribution in [3.8, 4) is 0 Å². The minimum absolute atomic E-state index is 0.00988. The van der Waals surface area contributed by atoms with Gasteiger partial charge in [-0.05, 0) is 42.3 Å². The van der Waals surface area contributed by atoms with Crippen LogP contribution in [0.5, 0.6) is 0 Å². The Morgan fingerprint density at radius 1 is 1.06 bits per heavy atom. The number of fused-ring (bicyclic) bond motifs is 1. The van der Waals surface area contributed by atoms with E-state index in [0.29, 0.717) is 18.2 Å². The Morgan fingerprint density at radius 3 is 2.61 bits per heavy atom. The standard InChI is InChI=1S/C24H19BrF2N2O3S/c25-17-5-3-4-16(10-17)13-29-14-23(24-21(27)11-18(26)12-22(24)29)33(31,32)15-20(30)8-7-19-6-1-2-9-28-19/h1-6,9-12,14H,7-8,13,15H2. The smallest absolute Gasteiger partial charge is 0.187 e. The molecule has 0 amide bonds. The van der Waals surface area contributed by atoms with Crippen LogP contribution < -0.4 is 0 Å². The van der Waals surface area contributed by atoms with Gasteiger partial charge in [-0.1, -0.05) is 34.1 Å². The largest absolute Gasteiger partial charge is 0.342 e. The lowest BCUT2D eigenvalue weighted by Crippen LogP contribution is -2.17. The predicted octanol–water partition coefficient (Wildman–Crippen LogP) is 5.10. The molecule has 170 valence electrons. The Labute approximate surface area is 198 Å². The van der Waals surface area contributed by atoms with Crippen molar-refractivity contribution in [2.45, 2.75) is 24.3 Å². The molecule has 0 bridgehead atoms. The van der Waals surface area contributed by atoms with Crippen LogP contribution in [-0.2, 0) is 27.6 Å². The van der Waals surface area contributed by atoms with E-state index < -0.39 is 33.0 Å². The number of Topliss-reactive ketones (excluding diaryl/α,β-unsaturated/α-hetero) is 1. The molecular formula is C24H19BrF2N2O3S. The molecule has 0 aliphatic rings. The molecule has 9 heteroatoms. The molecule has 4 rings (SSSR count). The number of benzene rings is 2. The van der Waals surface area contributed by atoms with Crippen LogP contribution in [0.25, 0.3) is 10.9 Å². The van der Waals surface area contributed by atoms with Gasteiger partial charge in [0.05, 0.1) is 15.8 Å². The van der Waals surface area contributed by atoms with E-state index in [1.54, 1.807) is 24.4 Å². The highest BCUT2D eigenvalue weighted by Crippen LogP contribution is 2.31. The van der Waals surface area contributed by atoms with Gasteiger partial charge in [-0.15, -0.1) is 0 Å². The van der Waals surface area contributed by atoms with E-state index in [2.05, 4.69) is 20.9 Å². The Kier molecular flexibility index (Phi) is 6.71. The molecule has 0 atom stereocenters. The zero-order valence-corrected chi connectivity index (χ0v) is 19.7. The highest BCUT2D eigenvalue weighted by molar-refractivity contribution is 9.10. The van der Waals surface area contributed by atoms with Crippen molar-refractivity contribution in [1.82, 2.24) is 9.55 Å². The molecule has 2 heterocycles. The van der Waals surface area contributed by atoms with Gasteiger partial charge in [0.2, 0.25) is 0 Å². The summed E-state index contributed by atoms with van der Waals surface area (Å²) in [6.45, 7) is 0.196. The minimum Gasteiger partial charge on any atom is -0.342 e. The lowest BCUT2D eigenvalue weighted by Gasteiger charge is -2.06. The fourth-order valence-corrected chi connectivity index (χ4v) is 5.65. The number of hydrogen-bond acceptors (Lipinski definition) is 4. The summed E-state index contributed by atoms with van der Waals surface area (Å²) in [5, 5.41) is -0.219. The SMILES string of the molecule is O=C(CCc1ccccn1)CS(=O)(=O)c1cn(Cc2cccc(Br)c2)c2cc(F)cc(F)c12. The monoisotopic (exact) mass is 532 g/mol. The van der Waals surface area contributed by atoms with E-state index in [0.717, 1.165) is 16.1 Å². The van der Waals surface area contributed by atoms with Gasteiger partial charge in [0.15, 0.2) is 9.84 Å². The first-order chi connectivity index (χ1) is 15.7. The lowest BCUT2D eigenvalue weighted by molar-refractivity contribution is -0.116. The summed E-state index contributed by atoms with van der Waals surface area (Å²) in [5.74, 6) is -3.08. The number of carbonyl (C=O) groups excluding carboxylic acids is 1. The van der Waals surface area contributed by atoms with Gasteiger partial charge in [-0.25, -0.2) is 17.2 Å². The van der Waals surface area contributed by atoms with Gasteiger partial charge in [0.25, 0.3) is 0 Å². The number of pyridine rings is 1. The molecule has 0 radical (unpaired) electrons. The Morgan fingerprint density at radius 2 is 1.88 bits per heavy atom. The molecule has 0 aliphatic carbocycles. The molecular weight excluding hydrogens is 514 g/mol. The molecule has 33 heavy (non-hydrogen) atoms. The second-order valence-electron chi connectivity index (χ2n) is 7.65. The summed E-state index contributed by atoms with van der Waals surface area (Å²) in [6, 6.07) is 14.3. The highest BCUT2D eigenvalue weighted by atomic mass is 79.9. The number of ketones is 1. The Bertz CT molecular complexity index is 1440. The molecule has 0 N–H and O–H groups in total. The lowest BCUT2D eigenvalue weighted by atomic mass is 10.2. The zero-order chi connectivity index (χ0) is 23.6. The molecule has 2 aromatic heterocycles. The van der Waals surface area contributed by atoms with Crippen molar-refractivity contribution in [2.24, 2.45) is 0 Å². The molecule has 0 saturated carbocycles. The second kappa shape index (κ2) is 9.52. The maximum absolute atomic E-state index is 14.7. The molecule has 4 aromatic rings. The number of sulfone groups is 1. The molecule has 2 aromatic carbocycles. The first kappa shape index (κ1) is 23.3. The van der Waals surface area contributed by atoms with Crippen molar-refractivity contribution in [3.05, 3.63) is 94.4 Å².